The average molecular weight is 578 g/mol. The van der Waals surface area contributed by atoms with Gasteiger partial charge in [0.1, 0.15) is 29.2 Å². The molecule has 0 bridgehead atoms. The number of hydrogen-bond donors (Lipinski definition) is 3. The lowest BCUT2D eigenvalue weighted by molar-refractivity contribution is -0.108. The van der Waals surface area contributed by atoms with E-state index in [4.69, 9.17) is 4.43 Å². The van der Waals surface area contributed by atoms with Crippen LogP contribution in [0.5, 0.6) is 5.75 Å². The number of amides is 1. The maximum atomic E-state index is 15.2. The van der Waals surface area contributed by atoms with Crippen LogP contribution in [0.1, 0.15) is 55.6 Å². The fraction of sp³-hybridized carbons (Fsp3) is 0.387. The highest BCUT2D eigenvalue weighted by atomic mass is 28.4. The number of anilines is 5. The molecule has 1 aliphatic heterocycles. The van der Waals surface area contributed by atoms with Crippen molar-refractivity contribution in [2.45, 2.75) is 65.7 Å². The van der Waals surface area contributed by atoms with Crippen molar-refractivity contribution in [2.75, 3.05) is 29.0 Å². The molecule has 0 saturated heterocycles. The van der Waals surface area contributed by atoms with E-state index in [-0.39, 0.29) is 22.2 Å². The van der Waals surface area contributed by atoms with E-state index in [1.54, 1.807) is 18.3 Å². The molecule has 1 aliphatic rings. The van der Waals surface area contributed by atoms with Crippen LogP contribution in [0, 0.1) is 12.7 Å². The van der Waals surface area contributed by atoms with Crippen molar-refractivity contribution >= 4 is 49.1 Å². The first-order chi connectivity index (χ1) is 19.3. The smallest absolute Gasteiger partial charge is 0.261 e. The van der Waals surface area contributed by atoms with E-state index in [9.17, 15) is 9.59 Å². The normalized spacial score (nSPS) is 13.0. The van der Waals surface area contributed by atoms with Crippen molar-refractivity contribution in [1.29, 1.82) is 0 Å². The molecule has 4 rings (SSSR count). The Morgan fingerprint density at radius 1 is 1.10 bits per heavy atom. The number of fused-ring (bicyclic) bond motifs is 2. The first kappa shape index (κ1) is 30.2. The van der Waals surface area contributed by atoms with Crippen LogP contribution in [0.2, 0.25) is 18.1 Å². The molecule has 41 heavy (non-hydrogen) atoms. The molecule has 3 aromatic rings. The zero-order valence-electron chi connectivity index (χ0n) is 24.9. The number of aromatic nitrogens is 1. The molecule has 0 saturated carbocycles. The molecule has 0 unspecified atom stereocenters. The molecule has 1 amide bonds. The van der Waals surface area contributed by atoms with Gasteiger partial charge in [0.2, 0.25) is 8.32 Å². The molecule has 1 aromatic heterocycles. The van der Waals surface area contributed by atoms with Gasteiger partial charge in [0, 0.05) is 31.8 Å². The number of carbonyl (C=O) groups is 2. The third-order valence-electron chi connectivity index (χ3n) is 7.89. The zero-order valence-corrected chi connectivity index (χ0v) is 25.9. The second kappa shape index (κ2) is 12.0. The van der Waals surface area contributed by atoms with Crippen LogP contribution in [0.3, 0.4) is 0 Å². The van der Waals surface area contributed by atoms with Gasteiger partial charge in [-0.05, 0) is 67.0 Å². The number of aldehydes is 1. The van der Waals surface area contributed by atoms with Crippen molar-refractivity contribution in [3.8, 4) is 5.75 Å². The number of benzene rings is 2. The van der Waals surface area contributed by atoms with Gasteiger partial charge in [0.25, 0.3) is 5.91 Å². The number of nitrogens with one attached hydrogen (secondary N) is 3. The largest absolute Gasteiger partial charge is 0.543 e. The van der Waals surface area contributed by atoms with Crippen LogP contribution in [0.15, 0.2) is 42.6 Å². The second-order valence-electron chi connectivity index (χ2n) is 12.0. The minimum absolute atomic E-state index is 0.0210. The lowest BCUT2D eigenvalue weighted by Gasteiger charge is -2.37. The monoisotopic (exact) mass is 577 g/mol. The van der Waals surface area contributed by atoms with Gasteiger partial charge in [0.05, 0.1) is 22.7 Å². The summed E-state index contributed by atoms with van der Waals surface area (Å²) in [5, 5.41) is 9.36. The summed E-state index contributed by atoms with van der Waals surface area (Å²) in [4.78, 5) is 30.9. The molecule has 0 fully saturated rings. The number of halogens is 1. The standard InChI is InChI=1S/C31H40FN5O3Si/c1-8-37(14-9-15-38)19-21-10-11-23-26(17-21)36-30(39)28-24(12-13-33-29(28)35-23)34-25-18-27(20(2)16-22(25)32)40-41(6,7)31(3,4)5/h10-13,15-18H,8-9,14,19H2,1-7H3,(H,36,39)(H2,33,34,35). The first-order valence-electron chi connectivity index (χ1n) is 14.0. The van der Waals surface area contributed by atoms with Crippen molar-refractivity contribution in [3.63, 3.8) is 0 Å². The molecule has 218 valence electrons. The summed E-state index contributed by atoms with van der Waals surface area (Å²) in [6.45, 7) is 16.8. The molecule has 3 N–H and O–H groups in total. The first-order valence-corrected chi connectivity index (χ1v) is 16.9. The highest BCUT2D eigenvalue weighted by molar-refractivity contribution is 6.74. The summed E-state index contributed by atoms with van der Waals surface area (Å²) in [5.74, 6) is 0.182. The molecule has 0 aliphatic carbocycles. The quantitative estimate of drug-likeness (QED) is 0.171. The van der Waals surface area contributed by atoms with Crippen LogP contribution >= 0.6 is 0 Å². The fourth-order valence-electron chi connectivity index (χ4n) is 4.38. The van der Waals surface area contributed by atoms with Gasteiger partial charge in [-0.25, -0.2) is 9.37 Å². The van der Waals surface area contributed by atoms with Crippen molar-refractivity contribution < 1.29 is 18.4 Å². The topological polar surface area (TPSA) is 95.6 Å². The molecule has 2 aromatic carbocycles. The van der Waals surface area contributed by atoms with E-state index in [1.807, 2.05) is 32.0 Å². The molecule has 0 atom stereocenters. The van der Waals surface area contributed by atoms with Crippen LogP contribution in [-0.2, 0) is 11.3 Å². The Morgan fingerprint density at radius 2 is 1.85 bits per heavy atom. The van der Waals surface area contributed by atoms with E-state index in [1.165, 1.54) is 6.07 Å². The van der Waals surface area contributed by atoms with Gasteiger partial charge in [-0.15, -0.1) is 0 Å². The summed E-state index contributed by atoms with van der Waals surface area (Å²) < 4.78 is 21.7. The lowest BCUT2D eigenvalue weighted by atomic mass is 10.1. The van der Waals surface area contributed by atoms with E-state index in [0.29, 0.717) is 53.7 Å². The van der Waals surface area contributed by atoms with Crippen molar-refractivity contribution in [3.05, 3.63) is 65.1 Å². The highest BCUT2D eigenvalue weighted by Gasteiger charge is 2.39. The molecular formula is C31H40FN5O3Si. The van der Waals surface area contributed by atoms with E-state index < -0.39 is 14.1 Å². The van der Waals surface area contributed by atoms with Crippen LogP contribution in [0.25, 0.3) is 0 Å². The van der Waals surface area contributed by atoms with Crippen molar-refractivity contribution in [2.24, 2.45) is 0 Å². The molecule has 10 heteroatoms. The number of carbonyl (C=O) groups excluding carboxylic acids is 2. The zero-order chi connectivity index (χ0) is 29.9. The van der Waals surface area contributed by atoms with Gasteiger partial charge in [0.15, 0.2) is 0 Å². The number of pyridine rings is 1. The van der Waals surface area contributed by atoms with Gasteiger partial charge in [-0.1, -0.05) is 33.8 Å². The Kier molecular flexibility index (Phi) is 8.84. The van der Waals surface area contributed by atoms with Gasteiger partial charge < -0.3 is 25.2 Å². The Labute approximate surface area is 242 Å². The molecule has 2 heterocycles. The number of nitrogens with zero attached hydrogens (tertiary/aromatic N) is 2. The summed E-state index contributed by atoms with van der Waals surface area (Å²) in [6, 6.07) is 10.6. The SMILES string of the molecule is CCN(CCC=O)Cc1ccc2c(c1)NC(=O)c1c(Nc3cc(O[Si](C)(C)C(C)(C)C)c(C)cc3F)ccnc1N2. The van der Waals surface area contributed by atoms with Gasteiger partial charge in [-0.3, -0.25) is 9.69 Å². The number of aryl methyl sites for hydroxylation is 1. The summed E-state index contributed by atoms with van der Waals surface area (Å²) >= 11 is 0. The number of rotatable bonds is 10. The Hall–Kier alpha value is -3.76. The third-order valence-corrected chi connectivity index (χ3v) is 12.2. The highest BCUT2D eigenvalue weighted by Crippen LogP contribution is 2.40. The molecular weight excluding hydrogens is 537 g/mol. The minimum atomic E-state index is -2.16. The van der Waals surface area contributed by atoms with Crippen LogP contribution in [-0.4, -0.2) is 43.5 Å². The average Bonchev–Trinajstić information content (AvgIpc) is 3.04. The Bertz CT molecular complexity index is 1450. The lowest BCUT2D eigenvalue weighted by Crippen LogP contribution is -2.44. The third kappa shape index (κ3) is 6.77. The summed E-state index contributed by atoms with van der Waals surface area (Å²) in [7, 11) is -2.16. The Morgan fingerprint density at radius 3 is 2.54 bits per heavy atom. The van der Waals surface area contributed by atoms with Crippen LogP contribution in [0.4, 0.5) is 33.0 Å². The summed E-state index contributed by atoms with van der Waals surface area (Å²) in [5.41, 5.74) is 3.95. The predicted octanol–water partition coefficient (Wildman–Crippen LogP) is 7.38. The predicted molar refractivity (Wildman–Crippen MR) is 166 cm³/mol. The summed E-state index contributed by atoms with van der Waals surface area (Å²) in [6.07, 6.45) is 2.97. The van der Waals surface area contributed by atoms with Crippen molar-refractivity contribution in [1.82, 2.24) is 9.88 Å². The van der Waals surface area contributed by atoms with E-state index >= 15 is 4.39 Å². The molecule has 0 radical (unpaired) electrons. The maximum Gasteiger partial charge on any atom is 0.261 e. The Balaban J connectivity index is 1.62. The van der Waals surface area contributed by atoms with E-state index in [2.05, 4.69) is 59.7 Å². The number of hydrogen-bond acceptors (Lipinski definition) is 7. The van der Waals surface area contributed by atoms with Gasteiger partial charge >= 0.3 is 0 Å². The fourth-order valence-corrected chi connectivity index (χ4v) is 5.46. The van der Waals surface area contributed by atoms with Crippen LogP contribution < -0.4 is 20.4 Å². The second-order valence-corrected chi connectivity index (χ2v) is 16.7. The maximum absolute atomic E-state index is 15.2. The molecule has 8 nitrogen and oxygen atoms in total. The molecule has 0 spiro atoms. The van der Waals surface area contributed by atoms with Gasteiger partial charge in [-0.2, -0.15) is 0 Å². The van der Waals surface area contributed by atoms with E-state index in [0.717, 1.165) is 18.4 Å². The minimum Gasteiger partial charge on any atom is -0.543 e.